The minimum Gasteiger partial charge on any atom is -0.458 e. The zero-order valence-electron chi connectivity index (χ0n) is 18.5. The maximum atomic E-state index is 13.8. The molecular weight excluding hydrogens is 418 g/mol. The van der Waals surface area contributed by atoms with Crippen molar-refractivity contribution in [2.45, 2.75) is 39.3 Å². The van der Waals surface area contributed by atoms with Crippen molar-refractivity contribution in [2.24, 2.45) is 0 Å². The highest BCUT2D eigenvalue weighted by Crippen LogP contribution is 2.36. The molecule has 6 heteroatoms. The number of hydrogen-bond donors (Lipinski definition) is 1. The van der Waals surface area contributed by atoms with Crippen LogP contribution in [0.5, 0.6) is 0 Å². The van der Waals surface area contributed by atoms with Crippen molar-refractivity contribution >= 4 is 39.2 Å². The molecule has 0 aliphatic carbocycles. The lowest BCUT2D eigenvalue weighted by atomic mass is 10.1. The number of fused-ring (bicyclic) bond motifs is 2. The SMILES string of the molecule is Cc1csc(-c2nc3ccccc3n2C(C(=O)NC(C)(C)C)c2cc3ccccc3o2)c1. The molecule has 3 aromatic heterocycles. The van der Waals surface area contributed by atoms with Crippen LogP contribution in [0.25, 0.3) is 32.7 Å². The fraction of sp³-hybridized carbons (Fsp3) is 0.231. The number of furan rings is 1. The standard InChI is InChI=1S/C26H25N3O2S/c1-16-13-22(32-15-16)24-27-18-10-6-7-11-19(18)29(24)23(25(30)28-26(2,3)4)21-14-17-9-5-8-12-20(17)31-21/h5-15,23H,1-4H3,(H,28,30). The van der Waals surface area contributed by atoms with Gasteiger partial charge < -0.3 is 14.3 Å². The molecule has 0 spiro atoms. The number of nitrogens with zero attached hydrogens (tertiary/aromatic N) is 2. The molecule has 0 aliphatic rings. The molecule has 1 N–H and O–H groups in total. The summed E-state index contributed by atoms with van der Waals surface area (Å²) in [5.41, 5.74) is 3.27. The quantitative estimate of drug-likeness (QED) is 0.353. The summed E-state index contributed by atoms with van der Waals surface area (Å²) in [7, 11) is 0. The fourth-order valence-electron chi connectivity index (χ4n) is 3.98. The van der Waals surface area contributed by atoms with Gasteiger partial charge in [-0.05, 0) is 69.0 Å². The van der Waals surface area contributed by atoms with Crippen LogP contribution in [0.15, 0.2) is 70.5 Å². The minimum absolute atomic E-state index is 0.130. The van der Waals surface area contributed by atoms with Crippen molar-refractivity contribution in [3.8, 4) is 10.7 Å². The van der Waals surface area contributed by atoms with Gasteiger partial charge in [-0.2, -0.15) is 0 Å². The van der Waals surface area contributed by atoms with Crippen molar-refractivity contribution < 1.29 is 9.21 Å². The summed E-state index contributed by atoms with van der Waals surface area (Å²) < 4.78 is 8.24. The van der Waals surface area contributed by atoms with E-state index in [1.165, 1.54) is 5.56 Å². The number of aromatic nitrogens is 2. The first kappa shape index (κ1) is 20.5. The molecule has 0 radical (unpaired) electrons. The van der Waals surface area contributed by atoms with Crippen molar-refractivity contribution in [2.75, 3.05) is 0 Å². The average Bonchev–Trinajstić information content (AvgIpc) is 3.44. The van der Waals surface area contributed by atoms with Gasteiger partial charge in [-0.15, -0.1) is 11.3 Å². The Balaban J connectivity index is 1.78. The molecule has 1 amide bonds. The summed E-state index contributed by atoms with van der Waals surface area (Å²) >= 11 is 1.63. The summed E-state index contributed by atoms with van der Waals surface area (Å²) in [6, 6.07) is 19.1. The van der Waals surface area contributed by atoms with Gasteiger partial charge >= 0.3 is 0 Å². The predicted octanol–water partition coefficient (Wildman–Crippen LogP) is 6.32. The number of carbonyl (C=O) groups is 1. The highest BCUT2D eigenvalue weighted by Gasteiger charge is 2.33. The molecule has 2 aromatic carbocycles. The lowest BCUT2D eigenvalue weighted by Gasteiger charge is -2.26. The van der Waals surface area contributed by atoms with E-state index in [1.54, 1.807) is 11.3 Å². The average molecular weight is 444 g/mol. The van der Waals surface area contributed by atoms with E-state index in [-0.39, 0.29) is 5.91 Å². The second-order valence-electron chi connectivity index (χ2n) is 9.11. The molecule has 0 saturated heterocycles. The Morgan fingerprint density at radius 1 is 1.09 bits per heavy atom. The lowest BCUT2D eigenvalue weighted by Crippen LogP contribution is -2.44. The van der Waals surface area contributed by atoms with Crippen molar-refractivity contribution in [1.29, 1.82) is 0 Å². The fourth-order valence-corrected chi connectivity index (χ4v) is 4.86. The van der Waals surface area contributed by atoms with E-state index in [1.807, 2.05) is 79.9 Å². The van der Waals surface area contributed by atoms with Crippen LogP contribution >= 0.6 is 11.3 Å². The summed E-state index contributed by atoms with van der Waals surface area (Å²) in [5, 5.41) is 6.22. The third kappa shape index (κ3) is 3.71. The number of para-hydroxylation sites is 3. The summed E-state index contributed by atoms with van der Waals surface area (Å²) in [4.78, 5) is 19.7. The Kier molecular flexibility index (Phi) is 4.90. The van der Waals surface area contributed by atoms with Gasteiger partial charge in [0.05, 0.1) is 15.9 Å². The monoisotopic (exact) mass is 443 g/mol. The van der Waals surface area contributed by atoms with Crippen LogP contribution in [0.3, 0.4) is 0 Å². The number of carbonyl (C=O) groups excluding carboxylic acids is 1. The van der Waals surface area contributed by atoms with Crippen LogP contribution in [0.1, 0.15) is 38.1 Å². The number of nitrogens with one attached hydrogen (secondary N) is 1. The molecule has 1 unspecified atom stereocenters. The minimum atomic E-state index is -0.702. The second kappa shape index (κ2) is 7.64. The maximum Gasteiger partial charge on any atom is 0.251 e. The molecule has 0 aliphatic heterocycles. The zero-order chi connectivity index (χ0) is 22.5. The van der Waals surface area contributed by atoms with E-state index >= 15 is 0 Å². The van der Waals surface area contributed by atoms with E-state index in [9.17, 15) is 4.79 Å². The van der Waals surface area contributed by atoms with Gasteiger partial charge in [0, 0.05) is 10.9 Å². The highest BCUT2D eigenvalue weighted by molar-refractivity contribution is 7.13. The van der Waals surface area contributed by atoms with E-state index in [0.29, 0.717) is 5.76 Å². The van der Waals surface area contributed by atoms with E-state index in [4.69, 9.17) is 9.40 Å². The highest BCUT2D eigenvalue weighted by atomic mass is 32.1. The molecule has 3 heterocycles. The van der Waals surface area contributed by atoms with Gasteiger partial charge in [0.15, 0.2) is 11.9 Å². The summed E-state index contributed by atoms with van der Waals surface area (Å²) in [5.74, 6) is 1.22. The van der Waals surface area contributed by atoms with Crippen LogP contribution in [0.4, 0.5) is 0 Å². The molecule has 162 valence electrons. The van der Waals surface area contributed by atoms with E-state index in [0.717, 1.165) is 32.7 Å². The predicted molar refractivity (Wildman–Crippen MR) is 130 cm³/mol. The van der Waals surface area contributed by atoms with Gasteiger partial charge in [0.1, 0.15) is 11.3 Å². The van der Waals surface area contributed by atoms with Crippen LogP contribution in [-0.2, 0) is 4.79 Å². The molecule has 0 fully saturated rings. The zero-order valence-corrected chi connectivity index (χ0v) is 19.4. The van der Waals surface area contributed by atoms with Crippen LogP contribution in [-0.4, -0.2) is 21.0 Å². The second-order valence-corrected chi connectivity index (χ2v) is 10.0. The van der Waals surface area contributed by atoms with Gasteiger partial charge in [-0.3, -0.25) is 4.79 Å². The number of imidazole rings is 1. The van der Waals surface area contributed by atoms with E-state index in [2.05, 4.69) is 23.7 Å². The number of amides is 1. The molecule has 32 heavy (non-hydrogen) atoms. The first-order valence-corrected chi connectivity index (χ1v) is 11.5. The Labute approximate surface area is 190 Å². The Bertz CT molecular complexity index is 1400. The summed E-state index contributed by atoms with van der Waals surface area (Å²) in [6.07, 6.45) is 0. The van der Waals surface area contributed by atoms with Gasteiger partial charge in [0.2, 0.25) is 0 Å². The maximum absolute atomic E-state index is 13.8. The molecule has 1 atom stereocenters. The Morgan fingerprint density at radius 3 is 2.56 bits per heavy atom. The van der Waals surface area contributed by atoms with Crippen LogP contribution in [0.2, 0.25) is 0 Å². The first-order valence-electron chi connectivity index (χ1n) is 10.6. The Morgan fingerprint density at radius 2 is 1.84 bits per heavy atom. The third-order valence-corrected chi connectivity index (χ3v) is 6.31. The van der Waals surface area contributed by atoms with Gasteiger partial charge in [-0.1, -0.05) is 30.3 Å². The van der Waals surface area contributed by atoms with Crippen molar-refractivity contribution in [3.05, 3.63) is 77.4 Å². The normalized spacial score (nSPS) is 13.0. The molecule has 5 nitrogen and oxygen atoms in total. The van der Waals surface area contributed by atoms with Crippen molar-refractivity contribution in [3.63, 3.8) is 0 Å². The molecular formula is C26H25N3O2S. The Hall–Kier alpha value is -3.38. The molecule has 5 rings (SSSR count). The lowest BCUT2D eigenvalue weighted by molar-refractivity contribution is -0.124. The molecule has 0 saturated carbocycles. The third-order valence-electron chi connectivity index (χ3n) is 5.27. The first-order chi connectivity index (χ1) is 15.3. The number of hydrogen-bond acceptors (Lipinski definition) is 4. The molecule has 0 bridgehead atoms. The van der Waals surface area contributed by atoms with Crippen LogP contribution < -0.4 is 5.32 Å². The molecule has 5 aromatic rings. The van der Waals surface area contributed by atoms with Crippen LogP contribution in [0, 0.1) is 6.92 Å². The number of thiophene rings is 1. The number of rotatable bonds is 4. The topological polar surface area (TPSA) is 60.1 Å². The number of benzene rings is 2. The largest absolute Gasteiger partial charge is 0.458 e. The van der Waals surface area contributed by atoms with Crippen molar-refractivity contribution in [1.82, 2.24) is 14.9 Å². The van der Waals surface area contributed by atoms with E-state index < -0.39 is 11.6 Å². The van der Waals surface area contributed by atoms with Gasteiger partial charge in [-0.25, -0.2) is 4.98 Å². The number of aryl methyl sites for hydroxylation is 1. The smallest absolute Gasteiger partial charge is 0.251 e. The van der Waals surface area contributed by atoms with Gasteiger partial charge in [0.25, 0.3) is 5.91 Å². The summed E-state index contributed by atoms with van der Waals surface area (Å²) in [6.45, 7) is 8.01.